The lowest BCUT2D eigenvalue weighted by molar-refractivity contribution is -0.127. The Bertz CT molecular complexity index is 667. The lowest BCUT2D eigenvalue weighted by atomic mass is 10.0. The third-order valence-electron chi connectivity index (χ3n) is 3.99. The van der Waals surface area contributed by atoms with E-state index in [1.807, 2.05) is 19.1 Å². The molecule has 0 heterocycles. The van der Waals surface area contributed by atoms with Gasteiger partial charge in [0.1, 0.15) is 0 Å². The Balaban J connectivity index is 1.97. The summed E-state index contributed by atoms with van der Waals surface area (Å²) in [5, 5.41) is 2.99. The first-order chi connectivity index (χ1) is 11.5. The number of amides is 1. The summed E-state index contributed by atoms with van der Waals surface area (Å²) in [5.41, 5.74) is 2.36. The molecule has 0 aliphatic carbocycles. The van der Waals surface area contributed by atoms with Crippen LogP contribution < -0.4 is 14.8 Å². The fourth-order valence-electron chi connectivity index (χ4n) is 2.42. The van der Waals surface area contributed by atoms with Gasteiger partial charge in [0.05, 0.1) is 13.2 Å². The number of benzene rings is 2. The average Bonchev–Trinajstić information content (AvgIpc) is 2.62. The molecule has 0 aliphatic rings. The first-order valence-corrected chi connectivity index (χ1v) is 8.24. The highest BCUT2D eigenvalue weighted by atomic mass is 16.5. The van der Waals surface area contributed by atoms with Crippen LogP contribution in [0.4, 0.5) is 0 Å². The molecule has 2 atom stereocenters. The van der Waals surface area contributed by atoms with Gasteiger partial charge < -0.3 is 14.8 Å². The highest BCUT2D eigenvalue weighted by molar-refractivity contribution is 5.81. The van der Waals surface area contributed by atoms with Crippen molar-refractivity contribution in [2.45, 2.75) is 39.3 Å². The predicted molar refractivity (Wildman–Crippen MR) is 95.5 cm³/mol. The first kappa shape index (κ1) is 17.9. The average molecular weight is 327 g/mol. The maximum absolute atomic E-state index is 12.4. The number of hydrogen-bond donors (Lipinski definition) is 1. The monoisotopic (exact) mass is 327 g/mol. The van der Waals surface area contributed by atoms with Gasteiger partial charge in [-0.2, -0.15) is 0 Å². The van der Waals surface area contributed by atoms with E-state index >= 15 is 0 Å². The SMILES string of the molecule is CCc1ccc([C@H](C)NC(=O)[C@H](C)Oc2ccccc2OC)cc1. The van der Waals surface area contributed by atoms with Gasteiger partial charge >= 0.3 is 0 Å². The predicted octanol–water partition coefficient (Wildman–Crippen LogP) is 3.90. The summed E-state index contributed by atoms with van der Waals surface area (Å²) in [5.74, 6) is 1.01. The zero-order valence-electron chi connectivity index (χ0n) is 14.7. The van der Waals surface area contributed by atoms with E-state index in [1.165, 1.54) is 5.56 Å². The van der Waals surface area contributed by atoms with E-state index in [-0.39, 0.29) is 11.9 Å². The van der Waals surface area contributed by atoms with E-state index in [4.69, 9.17) is 9.47 Å². The number of methoxy groups -OCH3 is 1. The van der Waals surface area contributed by atoms with Gasteiger partial charge in [0.15, 0.2) is 17.6 Å². The van der Waals surface area contributed by atoms with Gasteiger partial charge in [0.2, 0.25) is 0 Å². The maximum atomic E-state index is 12.4. The standard InChI is InChI=1S/C20H25NO3/c1-5-16-10-12-17(13-11-16)14(2)21-20(22)15(3)24-19-9-7-6-8-18(19)23-4/h6-15H,5H2,1-4H3,(H,21,22)/t14-,15-/m0/s1. The Morgan fingerprint density at radius 1 is 1.04 bits per heavy atom. The molecule has 0 aliphatic heterocycles. The van der Waals surface area contributed by atoms with Crippen LogP contribution in [-0.2, 0) is 11.2 Å². The van der Waals surface area contributed by atoms with Crippen LogP contribution in [0.25, 0.3) is 0 Å². The molecule has 2 rings (SSSR count). The lowest BCUT2D eigenvalue weighted by Gasteiger charge is -2.20. The molecule has 0 bridgehead atoms. The van der Waals surface area contributed by atoms with Gasteiger partial charge in [0.25, 0.3) is 5.91 Å². The molecule has 2 aromatic carbocycles. The molecule has 0 fully saturated rings. The second kappa shape index (κ2) is 8.39. The zero-order chi connectivity index (χ0) is 17.5. The number of para-hydroxylation sites is 2. The molecule has 0 saturated heterocycles. The molecule has 0 radical (unpaired) electrons. The van der Waals surface area contributed by atoms with E-state index in [1.54, 1.807) is 26.2 Å². The quantitative estimate of drug-likeness (QED) is 0.839. The molecule has 4 heteroatoms. The van der Waals surface area contributed by atoms with Gasteiger partial charge in [-0.1, -0.05) is 43.3 Å². The van der Waals surface area contributed by atoms with Crippen LogP contribution in [0.15, 0.2) is 48.5 Å². The van der Waals surface area contributed by atoms with Crippen molar-refractivity contribution in [3.8, 4) is 11.5 Å². The number of nitrogens with one attached hydrogen (secondary N) is 1. The van der Waals surface area contributed by atoms with Crippen LogP contribution in [0.2, 0.25) is 0 Å². The highest BCUT2D eigenvalue weighted by Crippen LogP contribution is 2.27. The van der Waals surface area contributed by atoms with Crippen LogP contribution in [0.3, 0.4) is 0 Å². The number of carbonyl (C=O) groups is 1. The van der Waals surface area contributed by atoms with E-state index in [0.717, 1.165) is 12.0 Å². The first-order valence-electron chi connectivity index (χ1n) is 8.24. The Hall–Kier alpha value is -2.49. The number of aryl methyl sites for hydroxylation is 1. The molecule has 1 N–H and O–H groups in total. The van der Waals surface area contributed by atoms with E-state index in [2.05, 4.69) is 36.5 Å². The van der Waals surface area contributed by atoms with Crippen LogP contribution in [0.1, 0.15) is 37.9 Å². The van der Waals surface area contributed by atoms with Crippen LogP contribution >= 0.6 is 0 Å². The molecular formula is C20H25NO3. The Kier molecular flexibility index (Phi) is 6.24. The van der Waals surface area contributed by atoms with Gasteiger partial charge in [0, 0.05) is 0 Å². The summed E-state index contributed by atoms with van der Waals surface area (Å²) in [6, 6.07) is 15.5. The van der Waals surface area contributed by atoms with Gasteiger partial charge in [-0.25, -0.2) is 0 Å². The zero-order valence-corrected chi connectivity index (χ0v) is 14.7. The topological polar surface area (TPSA) is 47.6 Å². The summed E-state index contributed by atoms with van der Waals surface area (Å²) in [4.78, 5) is 12.4. The van der Waals surface area contributed by atoms with E-state index in [9.17, 15) is 4.79 Å². The van der Waals surface area contributed by atoms with Crippen LogP contribution in [0.5, 0.6) is 11.5 Å². The van der Waals surface area contributed by atoms with Crippen molar-refractivity contribution < 1.29 is 14.3 Å². The molecule has 0 aromatic heterocycles. The summed E-state index contributed by atoms with van der Waals surface area (Å²) < 4.78 is 11.0. The molecule has 0 saturated carbocycles. The minimum absolute atomic E-state index is 0.0767. The number of carbonyl (C=O) groups excluding carboxylic acids is 1. The highest BCUT2D eigenvalue weighted by Gasteiger charge is 2.19. The normalized spacial score (nSPS) is 13.0. The fraction of sp³-hybridized carbons (Fsp3) is 0.350. The minimum atomic E-state index is -0.612. The van der Waals surface area contributed by atoms with Gasteiger partial charge in [-0.05, 0) is 43.5 Å². The summed E-state index contributed by atoms with van der Waals surface area (Å²) in [6.07, 6.45) is 0.392. The molecule has 24 heavy (non-hydrogen) atoms. The third-order valence-corrected chi connectivity index (χ3v) is 3.99. The van der Waals surface area contributed by atoms with Gasteiger partial charge in [-0.15, -0.1) is 0 Å². The van der Waals surface area contributed by atoms with E-state index < -0.39 is 6.10 Å². The van der Waals surface area contributed by atoms with Crippen molar-refractivity contribution in [1.29, 1.82) is 0 Å². The summed E-state index contributed by atoms with van der Waals surface area (Å²) in [6.45, 7) is 5.82. The number of rotatable bonds is 7. The second-order valence-corrected chi connectivity index (χ2v) is 5.74. The Morgan fingerprint density at radius 3 is 2.25 bits per heavy atom. The van der Waals surface area contributed by atoms with Crippen molar-refractivity contribution in [3.05, 3.63) is 59.7 Å². The molecule has 2 aromatic rings. The summed E-state index contributed by atoms with van der Waals surface area (Å²) >= 11 is 0. The third kappa shape index (κ3) is 4.51. The van der Waals surface area contributed by atoms with Crippen molar-refractivity contribution >= 4 is 5.91 Å². The number of ether oxygens (including phenoxy) is 2. The molecule has 4 nitrogen and oxygen atoms in total. The molecular weight excluding hydrogens is 302 g/mol. The molecule has 1 amide bonds. The van der Waals surface area contributed by atoms with Crippen LogP contribution in [0, 0.1) is 0 Å². The van der Waals surface area contributed by atoms with E-state index in [0.29, 0.717) is 11.5 Å². The fourth-order valence-corrected chi connectivity index (χ4v) is 2.42. The van der Waals surface area contributed by atoms with Crippen molar-refractivity contribution in [2.24, 2.45) is 0 Å². The molecule has 0 unspecified atom stereocenters. The maximum Gasteiger partial charge on any atom is 0.261 e. The Labute approximate surface area is 143 Å². The van der Waals surface area contributed by atoms with Gasteiger partial charge in [-0.3, -0.25) is 4.79 Å². The second-order valence-electron chi connectivity index (χ2n) is 5.74. The smallest absolute Gasteiger partial charge is 0.261 e. The number of hydrogen-bond acceptors (Lipinski definition) is 3. The van der Waals surface area contributed by atoms with Crippen molar-refractivity contribution in [1.82, 2.24) is 5.32 Å². The molecule has 128 valence electrons. The lowest BCUT2D eigenvalue weighted by Crippen LogP contribution is -2.37. The minimum Gasteiger partial charge on any atom is -0.493 e. The van der Waals surface area contributed by atoms with Crippen molar-refractivity contribution in [3.63, 3.8) is 0 Å². The Morgan fingerprint density at radius 2 is 1.67 bits per heavy atom. The largest absolute Gasteiger partial charge is 0.493 e. The summed E-state index contributed by atoms with van der Waals surface area (Å²) in [7, 11) is 1.58. The van der Waals surface area contributed by atoms with Crippen molar-refractivity contribution in [2.75, 3.05) is 7.11 Å². The molecule has 0 spiro atoms. The van der Waals surface area contributed by atoms with Crippen LogP contribution in [-0.4, -0.2) is 19.1 Å².